The maximum absolute atomic E-state index is 5.94. The molecule has 4 heteroatoms. The van der Waals surface area contributed by atoms with E-state index in [4.69, 9.17) is 21.1 Å². The summed E-state index contributed by atoms with van der Waals surface area (Å²) in [4.78, 5) is 0. The highest BCUT2D eigenvalue weighted by Gasteiger charge is 2.09. The highest BCUT2D eigenvalue weighted by molar-refractivity contribution is 6.30. The summed E-state index contributed by atoms with van der Waals surface area (Å²) in [5.41, 5.74) is 1.35. The first-order valence-corrected chi connectivity index (χ1v) is 8.16. The first kappa shape index (κ1) is 18.4. The lowest BCUT2D eigenvalue weighted by molar-refractivity contribution is 0.0672. The largest absolute Gasteiger partial charge is 0.382 e. The standard InChI is InChI=1S/C17H28ClNO2/c1-3-19-14-16(5-4-10-21-12-11-20-2)13-15-6-8-17(18)9-7-15/h6-9,16,19H,3-5,10-14H2,1-2H3. The fourth-order valence-corrected chi connectivity index (χ4v) is 2.42. The van der Waals surface area contributed by atoms with Crippen LogP contribution in [0.5, 0.6) is 0 Å². The molecule has 1 aromatic rings. The number of rotatable bonds is 12. The lowest BCUT2D eigenvalue weighted by Crippen LogP contribution is -2.24. The summed E-state index contributed by atoms with van der Waals surface area (Å²) in [5.74, 6) is 0.636. The molecule has 0 bridgehead atoms. The predicted molar refractivity (Wildman–Crippen MR) is 89.1 cm³/mol. The summed E-state index contributed by atoms with van der Waals surface area (Å²) in [6, 6.07) is 8.18. The first-order valence-electron chi connectivity index (χ1n) is 7.78. The van der Waals surface area contributed by atoms with Crippen LogP contribution in [-0.4, -0.2) is 40.0 Å². The zero-order valence-corrected chi connectivity index (χ0v) is 14.0. The average molecular weight is 314 g/mol. The lowest BCUT2D eigenvalue weighted by atomic mass is 9.95. The van der Waals surface area contributed by atoms with Gasteiger partial charge >= 0.3 is 0 Å². The van der Waals surface area contributed by atoms with Gasteiger partial charge in [-0.15, -0.1) is 0 Å². The summed E-state index contributed by atoms with van der Waals surface area (Å²) in [7, 11) is 1.70. The molecule has 0 saturated carbocycles. The van der Waals surface area contributed by atoms with Gasteiger partial charge in [0, 0.05) is 18.7 Å². The number of hydrogen-bond acceptors (Lipinski definition) is 3. The van der Waals surface area contributed by atoms with Crippen molar-refractivity contribution in [3.05, 3.63) is 34.9 Å². The third-order valence-electron chi connectivity index (χ3n) is 3.45. The molecule has 0 aromatic heterocycles. The van der Waals surface area contributed by atoms with Gasteiger partial charge in [-0.2, -0.15) is 0 Å². The number of nitrogens with one attached hydrogen (secondary N) is 1. The van der Waals surface area contributed by atoms with Crippen LogP contribution in [0, 0.1) is 5.92 Å². The monoisotopic (exact) mass is 313 g/mol. The van der Waals surface area contributed by atoms with Crippen molar-refractivity contribution in [2.75, 3.05) is 40.0 Å². The molecule has 0 fully saturated rings. The van der Waals surface area contributed by atoms with Gasteiger partial charge in [-0.05, 0) is 56.0 Å². The number of halogens is 1. The van der Waals surface area contributed by atoms with Gasteiger partial charge in [0.25, 0.3) is 0 Å². The van der Waals surface area contributed by atoms with Crippen LogP contribution in [0.15, 0.2) is 24.3 Å². The van der Waals surface area contributed by atoms with Crippen molar-refractivity contribution in [1.82, 2.24) is 5.32 Å². The topological polar surface area (TPSA) is 30.5 Å². The highest BCUT2D eigenvalue weighted by atomic mass is 35.5. The molecule has 3 nitrogen and oxygen atoms in total. The zero-order valence-electron chi connectivity index (χ0n) is 13.2. The number of ether oxygens (including phenoxy) is 2. The second kappa shape index (κ2) is 12.0. The molecule has 21 heavy (non-hydrogen) atoms. The molecule has 1 atom stereocenters. The Morgan fingerprint density at radius 3 is 2.57 bits per heavy atom. The second-order valence-electron chi connectivity index (χ2n) is 5.25. The Hall–Kier alpha value is -0.610. The van der Waals surface area contributed by atoms with Gasteiger partial charge in [-0.25, -0.2) is 0 Å². The Kier molecular flexibility index (Phi) is 10.5. The quantitative estimate of drug-likeness (QED) is 0.599. The summed E-state index contributed by atoms with van der Waals surface area (Å²) in [6.07, 6.45) is 3.35. The van der Waals surface area contributed by atoms with E-state index in [9.17, 15) is 0 Å². The van der Waals surface area contributed by atoms with Crippen LogP contribution in [0.25, 0.3) is 0 Å². The van der Waals surface area contributed by atoms with Crippen molar-refractivity contribution in [3.63, 3.8) is 0 Å². The van der Waals surface area contributed by atoms with Crippen LogP contribution in [0.2, 0.25) is 5.02 Å². The summed E-state index contributed by atoms with van der Waals surface area (Å²) >= 11 is 5.94. The van der Waals surface area contributed by atoms with Crippen molar-refractivity contribution in [2.45, 2.75) is 26.2 Å². The molecule has 0 saturated heterocycles. The average Bonchev–Trinajstić information content (AvgIpc) is 2.50. The Bertz CT molecular complexity index is 356. The van der Waals surface area contributed by atoms with Gasteiger partial charge in [0.05, 0.1) is 13.2 Å². The van der Waals surface area contributed by atoms with Gasteiger partial charge in [0.1, 0.15) is 0 Å². The molecular weight excluding hydrogens is 286 g/mol. The van der Waals surface area contributed by atoms with Gasteiger partial charge in [-0.1, -0.05) is 30.7 Å². The van der Waals surface area contributed by atoms with E-state index in [1.807, 2.05) is 12.1 Å². The molecule has 1 aromatic carbocycles. The molecule has 0 aliphatic heterocycles. The van der Waals surface area contributed by atoms with Gasteiger partial charge in [0.15, 0.2) is 0 Å². The summed E-state index contributed by atoms with van der Waals surface area (Å²) < 4.78 is 10.5. The molecule has 1 N–H and O–H groups in total. The maximum Gasteiger partial charge on any atom is 0.0700 e. The van der Waals surface area contributed by atoms with Crippen LogP contribution in [0.4, 0.5) is 0 Å². The van der Waals surface area contributed by atoms with E-state index in [2.05, 4.69) is 24.4 Å². The van der Waals surface area contributed by atoms with Crippen molar-refractivity contribution < 1.29 is 9.47 Å². The van der Waals surface area contributed by atoms with Crippen LogP contribution >= 0.6 is 11.6 Å². The smallest absolute Gasteiger partial charge is 0.0700 e. The van der Waals surface area contributed by atoms with Crippen LogP contribution < -0.4 is 5.32 Å². The van der Waals surface area contributed by atoms with Gasteiger partial charge < -0.3 is 14.8 Å². The molecule has 0 radical (unpaired) electrons. The first-order chi connectivity index (χ1) is 10.3. The summed E-state index contributed by atoms with van der Waals surface area (Å²) in [5, 5.41) is 4.25. The molecule has 0 aliphatic rings. The number of benzene rings is 1. The third-order valence-corrected chi connectivity index (χ3v) is 3.71. The molecule has 0 spiro atoms. The molecule has 120 valence electrons. The second-order valence-corrected chi connectivity index (χ2v) is 5.69. The minimum atomic E-state index is 0.636. The SMILES string of the molecule is CCNCC(CCCOCCOC)Cc1ccc(Cl)cc1. The van der Waals surface area contributed by atoms with Crippen LogP contribution in [-0.2, 0) is 15.9 Å². The lowest BCUT2D eigenvalue weighted by Gasteiger charge is -2.17. The molecular formula is C17H28ClNO2. The Morgan fingerprint density at radius 1 is 1.14 bits per heavy atom. The van der Waals surface area contributed by atoms with Crippen LogP contribution in [0.1, 0.15) is 25.3 Å². The fraction of sp³-hybridized carbons (Fsp3) is 0.647. The van der Waals surface area contributed by atoms with Gasteiger partial charge in [0.2, 0.25) is 0 Å². The minimum absolute atomic E-state index is 0.636. The normalized spacial score (nSPS) is 12.5. The number of hydrogen-bond donors (Lipinski definition) is 1. The van der Waals surface area contributed by atoms with Gasteiger partial charge in [-0.3, -0.25) is 0 Å². The van der Waals surface area contributed by atoms with Crippen molar-refractivity contribution in [2.24, 2.45) is 5.92 Å². The van der Waals surface area contributed by atoms with Crippen molar-refractivity contribution in [1.29, 1.82) is 0 Å². The fourth-order valence-electron chi connectivity index (χ4n) is 2.30. The van der Waals surface area contributed by atoms with E-state index in [-0.39, 0.29) is 0 Å². The Balaban J connectivity index is 2.31. The Morgan fingerprint density at radius 2 is 1.90 bits per heavy atom. The van der Waals surface area contributed by atoms with E-state index in [1.165, 1.54) is 12.0 Å². The van der Waals surface area contributed by atoms with Crippen molar-refractivity contribution in [3.8, 4) is 0 Å². The zero-order chi connectivity index (χ0) is 15.3. The third kappa shape index (κ3) is 9.10. The maximum atomic E-state index is 5.94. The highest BCUT2D eigenvalue weighted by Crippen LogP contribution is 2.16. The van der Waals surface area contributed by atoms with E-state index in [1.54, 1.807) is 7.11 Å². The molecule has 1 unspecified atom stereocenters. The van der Waals surface area contributed by atoms with E-state index >= 15 is 0 Å². The van der Waals surface area contributed by atoms with E-state index in [0.29, 0.717) is 19.1 Å². The van der Waals surface area contributed by atoms with Crippen molar-refractivity contribution >= 4 is 11.6 Å². The molecule has 0 heterocycles. The van der Waals surface area contributed by atoms with E-state index < -0.39 is 0 Å². The Labute approximate surface area is 134 Å². The molecule has 1 rings (SSSR count). The number of methoxy groups -OCH3 is 1. The van der Waals surface area contributed by atoms with E-state index in [0.717, 1.165) is 37.6 Å². The molecule has 0 aliphatic carbocycles. The molecule has 0 amide bonds. The summed E-state index contributed by atoms with van der Waals surface area (Å²) in [6.45, 7) is 6.38. The van der Waals surface area contributed by atoms with Crippen LogP contribution in [0.3, 0.4) is 0 Å². The minimum Gasteiger partial charge on any atom is -0.382 e. The predicted octanol–water partition coefficient (Wildman–Crippen LogP) is 3.55.